The van der Waals surface area contributed by atoms with E-state index >= 15 is 0 Å². The van der Waals surface area contributed by atoms with E-state index in [1.807, 2.05) is 39.0 Å². The first-order valence-electron chi connectivity index (χ1n) is 10.5. The van der Waals surface area contributed by atoms with Crippen molar-refractivity contribution < 1.29 is 14.3 Å². The van der Waals surface area contributed by atoms with Gasteiger partial charge in [0.1, 0.15) is 5.60 Å². The van der Waals surface area contributed by atoms with Crippen LogP contribution in [-0.4, -0.2) is 24.8 Å². The summed E-state index contributed by atoms with van der Waals surface area (Å²) < 4.78 is 11.3. The normalized spacial score (nSPS) is 12.6. The molecule has 0 bridgehead atoms. The largest absolute Gasteiger partial charge is 0.444 e. The van der Waals surface area contributed by atoms with Gasteiger partial charge in [-0.05, 0) is 38.7 Å². The monoisotopic (exact) mass is 377 g/mol. The van der Waals surface area contributed by atoms with Gasteiger partial charge in [-0.2, -0.15) is 0 Å². The SMILES string of the molecule is CCCCCCCC[C@H](CNC(=O)OC(C)(C)C)COCc1ccccc1. The molecule has 1 atom stereocenters. The van der Waals surface area contributed by atoms with E-state index in [-0.39, 0.29) is 6.09 Å². The summed E-state index contributed by atoms with van der Waals surface area (Å²) in [4.78, 5) is 11.9. The van der Waals surface area contributed by atoms with E-state index in [1.54, 1.807) is 0 Å². The molecule has 1 aromatic carbocycles. The van der Waals surface area contributed by atoms with Crippen LogP contribution in [0.5, 0.6) is 0 Å². The highest BCUT2D eigenvalue weighted by molar-refractivity contribution is 5.67. The molecule has 1 N–H and O–H groups in total. The van der Waals surface area contributed by atoms with Gasteiger partial charge < -0.3 is 14.8 Å². The molecular formula is C23H39NO3. The third-order valence-electron chi connectivity index (χ3n) is 4.36. The second-order valence-electron chi connectivity index (χ2n) is 8.31. The van der Waals surface area contributed by atoms with Gasteiger partial charge in [-0.3, -0.25) is 0 Å². The molecule has 0 spiro atoms. The molecule has 0 aliphatic carbocycles. The minimum atomic E-state index is -0.470. The summed E-state index contributed by atoms with van der Waals surface area (Å²) in [6, 6.07) is 10.2. The second-order valence-corrected chi connectivity index (χ2v) is 8.31. The lowest BCUT2D eigenvalue weighted by Crippen LogP contribution is -2.36. The van der Waals surface area contributed by atoms with Crippen molar-refractivity contribution in [3.8, 4) is 0 Å². The molecular weight excluding hydrogens is 338 g/mol. The highest BCUT2D eigenvalue weighted by Gasteiger charge is 2.17. The number of hydrogen-bond donors (Lipinski definition) is 1. The summed E-state index contributed by atoms with van der Waals surface area (Å²) in [6.07, 6.45) is 8.36. The van der Waals surface area contributed by atoms with E-state index in [4.69, 9.17) is 9.47 Å². The Morgan fingerprint density at radius 2 is 1.70 bits per heavy atom. The first kappa shape index (κ1) is 23.5. The third-order valence-corrected chi connectivity index (χ3v) is 4.36. The zero-order valence-electron chi connectivity index (χ0n) is 17.8. The van der Waals surface area contributed by atoms with Crippen molar-refractivity contribution in [1.29, 1.82) is 0 Å². The number of unbranched alkanes of at least 4 members (excludes halogenated alkanes) is 5. The fraction of sp³-hybridized carbons (Fsp3) is 0.696. The van der Waals surface area contributed by atoms with Gasteiger partial charge in [-0.25, -0.2) is 4.79 Å². The number of alkyl carbamates (subject to hydrolysis) is 1. The van der Waals surface area contributed by atoms with Crippen LogP contribution in [0.15, 0.2) is 30.3 Å². The van der Waals surface area contributed by atoms with Crippen molar-refractivity contribution in [1.82, 2.24) is 5.32 Å². The van der Waals surface area contributed by atoms with Crippen LogP contribution < -0.4 is 5.32 Å². The molecule has 4 nitrogen and oxygen atoms in total. The lowest BCUT2D eigenvalue weighted by molar-refractivity contribution is 0.0479. The molecule has 0 fully saturated rings. The van der Waals surface area contributed by atoms with Gasteiger partial charge in [0.25, 0.3) is 0 Å². The second kappa shape index (κ2) is 13.6. The van der Waals surface area contributed by atoms with Gasteiger partial charge in [0.15, 0.2) is 0 Å². The van der Waals surface area contributed by atoms with Crippen molar-refractivity contribution in [2.24, 2.45) is 5.92 Å². The molecule has 0 aliphatic rings. The Balaban J connectivity index is 2.36. The minimum absolute atomic E-state index is 0.312. The zero-order chi connectivity index (χ0) is 20.0. The van der Waals surface area contributed by atoms with Crippen LogP contribution in [-0.2, 0) is 16.1 Å². The highest BCUT2D eigenvalue weighted by Crippen LogP contribution is 2.14. The maximum absolute atomic E-state index is 11.9. The zero-order valence-corrected chi connectivity index (χ0v) is 17.8. The van der Waals surface area contributed by atoms with E-state index < -0.39 is 5.60 Å². The standard InChI is InChI=1S/C23H39NO3/c1-5-6-7-8-9-11-16-21(17-24-22(25)27-23(2,3)4)19-26-18-20-14-12-10-13-15-20/h10,12-15,21H,5-9,11,16-19H2,1-4H3,(H,24,25)/t21-/m1/s1. The van der Waals surface area contributed by atoms with Gasteiger partial charge in [0, 0.05) is 6.54 Å². The van der Waals surface area contributed by atoms with Crippen LogP contribution in [0.1, 0.15) is 78.2 Å². The minimum Gasteiger partial charge on any atom is -0.444 e. The summed E-state index contributed by atoms with van der Waals surface area (Å²) in [5, 5.41) is 2.91. The summed E-state index contributed by atoms with van der Waals surface area (Å²) in [7, 11) is 0. The quantitative estimate of drug-likeness (QED) is 0.423. The molecule has 154 valence electrons. The number of rotatable bonds is 13. The Morgan fingerprint density at radius 3 is 2.37 bits per heavy atom. The van der Waals surface area contributed by atoms with E-state index in [9.17, 15) is 4.79 Å². The number of ether oxygens (including phenoxy) is 2. The fourth-order valence-corrected chi connectivity index (χ4v) is 2.92. The fourth-order valence-electron chi connectivity index (χ4n) is 2.92. The van der Waals surface area contributed by atoms with E-state index in [0.717, 1.165) is 6.42 Å². The van der Waals surface area contributed by atoms with E-state index in [0.29, 0.717) is 25.7 Å². The molecule has 0 saturated heterocycles. The molecule has 0 saturated carbocycles. The van der Waals surface area contributed by atoms with E-state index in [1.165, 1.54) is 44.1 Å². The van der Waals surface area contributed by atoms with Gasteiger partial charge >= 0.3 is 6.09 Å². The lowest BCUT2D eigenvalue weighted by Gasteiger charge is -2.22. The first-order chi connectivity index (χ1) is 12.9. The Morgan fingerprint density at radius 1 is 1.04 bits per heavy atom. The number of hydrogen-bond acceptors (Lipinski definition) is 3. The smallest absolute Gasteiger partial charge is 0.407 e. The average molecular weight is 378 g/mol. The van der Waals surface area contributed by atoms with Gasteiger partial charge in [-0.1, -0.05) is 75.8 Å². The number of carbonyl (C=O) groups excluding carboxylic acids is 1. The molecule has 0 aliphatic heterocycles. The van der Waals surface area contributed by atoms with E-state index in [2.05, 4.69) is 24.4 Å². The maximum atomic E-state index is 11.9. The van der Waals surface area contributed by atoms with Crippen LogP contribution >= 0.6 is 0 Å². The number of amides is 1. The number of carbonyl (C=O) groups is 1. The Bertz CT molecular complexity index is 496. The molecule has 1 rings (SSSR count). The van der Waals surface area contributed by atoms with Crippen LogP contribution in [0.25, 0.3) is 0 Å². The summed E-state index contributed by atoms with van der Waals surface area (Å²) in [6.45, 7) is 9.73. The van der Waals surface area contributed by atoms with Crippen molar-refractivity contribution in [3.05, 3.63) is 35.9 Å². The Labute approximate surface area is 166 Å². The van der Waals surface area contributed by atoms with Crippen LogP contribution in [0.3, 0.4) is 0 Å². The first-order valence-corrected chi connectivity index (χ1v) is 10.5. The predicted octanol–water partition coefficient (Wildman–Crippen LogP) is 6.09. The predicted molar refractivity (Wildman–Crippen MR) is 112 cm³/mol. The summed E-state index contributed by atoms with van der Waals surface area (Å²) in [5.74, 6) is 0.312. The molecule has 0 heterocycles. The van der Waals surface area contributed by atoms with Gasteiger partial charge in [0.2, 0.25) is 0 Å². The molecule has 1 aromatic rings. The third kappa shape index (κ3) is 13.3. The topological polar surface area (TPSA) is 47.6 Å². The highest BCUT2D eigenvalue weighted by atomic mass is 16.6. The molecule has 0 unspecified atom stereocenters. The lowest BCUT2D eigenvalue weighted by atomic mass is 10.0. The van der Waals surface area contributed by atoms with Crippen LogP contribution in [0.4, 0.5) is 4.79 Å². The van der Waals surface area contributed by atoms with Gasteiger partial charge in [0.05, 0.1) is 13.2 Å². The van der Waals surface area contributed by atoms with Crippen LogP contribution in [0.2, 0.25) is 0 Å². The molecule has 27 heavy (non-hydrogen) atoms. The van der Waals surface area contributed by atoms with Crippen LogP contribution in [0, 0.1) is 5.92 Å². The summed E-state index contributed by atoms with van der Waals surface area (Å²) in [5.41, 5.74) is 0.707. The summed E-state index contributed by atoms with van der Waals surface area (Å²) >= 11 is 0. The molecule has 0 aromatic heterocycles. The van der Waals surface area contributed by atoms with Crippen molar-refractivity contribution in [2.45, 2.75) is 84.8 Å². The average Bonchev–Trinajstić information content (AvgIpc) is 2.61. The van der Waals surface area contributed by atoms with Crippen molar-refractivity contribution in [2.75, 3.05) is 13.2 Å². The number of nitrogens with one attached hydrogen (secondary N) is 1. The molecule has 4 heteroatoms. The Hall–Kier alpha value is -1.55. The maximum Gasteiger partial charge on any atom is 0.407 e. The molecule has 1 amide bonds. The molecule has 0 radical (unpaired) electrons. The van der Waals surface area contributed by atoms with Crippen molar-refractivity contribution >= 4 is 6.09 Å². The number of benzene rings is 1. The van der Waals surface area contributed by atoms with Crippen molar-refractivity contribution in [3.63, 3.8) is 0 Å². The Kier molecular flexibility index (Phi) is 11.8. The van der Waals surface area contributed by atoms with Gasteiger partial charge in [-0.15, -0.1) is 0 Å².